The van der Waals surface area contributed by atoms with Crippen LogP contribution in [0.2, 0.25) is 5.02 Å². The monoisotopic (exact) mass is 592 g/mol. The van der Waals surface area contributed by atoms with Crippen LogP contribution in [-0.2, 0) is 14.3 Å². The van der Waals surface area contributed by atoms with E-state index in [-0.39, 0.29) is 24.3 Å². The number of hydrogen-bond donors (Lipinski definition) is 2. The van der Waals surface area contributed by atoms with Gasteiger partial charge in [0, 0.05) is 74.1 Å². The lowest BCUT2D eigenvalue weighted by molar-refractivity contribution is -0.185. The third kappa shape index (κ3) is 6.95. The van der Waals surface area contributed by atoms with Crippen molar-refractivity contribution < 1.29 is 19.0 Å². The average Bonchev–Trinajstić information content (AvgIpc) is 3.43. The molecule has 1 atom stereocenters. The number of hydrogen-bond acceptors (Lipinski definition) is 9. The Morgan fingerprint density at radius 2 is 1.86 bits per heavy atom. The van der Waals surface area contributed by atoms with E-state index in [9.17, 15) is 4.79 Å². The molecule has 3 aromatic rings. The van der Waals surface area contributed by atoms with Crippen LogP contribution < -0.4 is 20.3 Å². The maximum atomic E-state index is 12.9. The van der Waals surface area contributed by atoms with Gasteiger partial charge in [-0.2, -0.15) is 0 Å². The SMILES string of the molecule is Cc1ncc2c(n1)N(CC(=O)NCCN1CCC3(CC1)OCCO3)CCC2Nc1cccc(Oc2cccc(Cl)c2)c1. The first-order valence-electron chi connectivity index (χ1n) is 14.6. The number of halogens is 1. The fraction of sp³-hybridized carbons (Fsp3) is 0.452. The summed E-state index contributed by atoms with van der Waals surface area (Å²) in [5.41, 5.74) is 1.89. The van der Waals surface area contributed by atoms with E-state index in [0.29, 0.717) is 48.6 Å². The Hall–Kier alpha value is -3.44. The highest BCUT2D eigenvalue weighted by Gasteiger charge is 2.39. The molecule has 1 aromatic heterocycles. The van der Waals surface area contributed by atoms with Crippen molar-refractivity contribution in [2.24, 2.45) is 0 Å². The Labute approximate surface area is 251 Å². The second-order valence-corrected chi connectivity index (χ2v) is 11.4. The molecule has 11 heteroatoms. The molecule has 222 valence electrons. The third-order valence-electron chi connectivity index (χ3n) is 8.00. The molecule has 2 N–H and O–H groups in total. The molecule has 1 amide bonds. The lowest BCUT2D eigenvalue weighted by Crippen LogP contribution is -2.48. The molecule has 1 unspecified atom stereocenters. The van der Waals surface area contributed by atoms with Gasteiger partial charge in [-0.05, 0) is 43.7 Å². The first-order chi connectivity index (χ1) is 20.4. The van der Waals surface area contributed by atoms with Crippen LogP contribution in [0.1, 0.15) is 36.7 Å². The number of nitrogens with one attached hydrogen (secondary N) is 2. The minimum atomic E-state index is -0.373. The number of carbonyl (C=O) groups is 1. The largest absolute Gasteiger partial charge is 0.457 e. The maximum absolute atomic E-state index is 12.9. The fourth-order valence-electron chi connectivity index (χ4n) is 5.82. The highest BCUT2D eigenvalue weighted by molar-refractivity contribution is 6.30. The highest BCUT2D eigenvalue weighted by Crippen LogP contribution is 2.35. The van der Waals surface area contributed by atoms with Crippen LogP contribution in [0.15, 0.2) is 54.7 Å². The summed E-state index contributed by atoms with van der Waals surface area (Å²) in [6.45, 7) is 7.43. The summed E-state index contributed by atoms with van der Waals surface area (Å²) in [5, 5.41) is 7.34. The van der Waals surface area contributed by atoms with Crippen LogP contribution in [0.4, 0.5) is 11.5 Å². The Morgan fingerprint density at radius 3 is 2.64 bits per heavy atom. The number of rotatable bonds is 9. The van der Waals surface area contributed by atoms with Gasteiger partial charge in [-0.3, -0.25) is 4.79 Å². The van der Waals surface area contributed by atoms with Crippen LogP contribution in [0.3, 0.4) is 0 Å². The van der Waals surface area contributed by atoms with Gasteiger partial charge < -0.3 is 34.6 Å². The van der Waals surface area contributed by atoms with E-state index < -0.39 is 0 Å². The zero-order valence-corrected chi connectivity index (χ0v) is 24.6. The molecule has 4 heterocycles. The van der Waals surface area contributed by atoms with Gasteiger partial charge >= 0.3 is 0 Å². The van der Waals surface area contributed by atoms with Gasteiger partial charge in [-0.25, -0.2) is 9.97 Å². The van der Waals surface area contributed by atoms with E-state index in [4.69, 9.17) is 30.8 Å². The molecule has 2 saturated heterocycles. The second kappa shape index (κ2) is 12.8. The summed E-state index contributed by atoms with van der Waals surface area (Å²) in [6.07, 6.45) is 4.41. The summed E-state index contributed by atoms with van der Waals surface area (Å²) >= 11 is 6.11. The van der Waals surface area contributed by atoms with Crippen molar-refractivity contribution in [1.29, 1.82) is 0 Å². The molecule has 0 radical (unpaired) electrons. The van der Waals surface area contributed by atoms with Crippen molar-refractivity contribution in [3.05, 3.63) is 71.1 Å². The van der Waals surface area contributed by atoms with Crippen LogP contribution in [0.5, 0.6) is 11.5 Å². The van der Waals surface area contributed by atoms with Crippen molar-refractivity contribution in [2.45, 2.75) is 38.0 Å². The molecule has 1 spiro atoms. The molecule has 3 aliphatic rings. The van der Waals surface area contributed by atoms with Gasteiger partial charge in [0.25, 0.3) is 0 Å². The van der Waals surface area contributed by atoms with Crippen LogP contribution in [0.25, 0.3) is 0 Å². The third-order valence-corrected chi connectivity index (χ3v) is 8.24. The number of aryl methyl sites for hydroxylation is 1. The summed E-state index contributed by atoms with van der Waals surface area (Å²) < 4.78 is 17.6. The van der Waals surface area contributed by atoms with Gasteiger partial charge in [-0.15, -0.1) is 0 Å². The number of carbonyl (C=O) groups excluding carboxylic acids is 1. The highest BCUT2D eigenvalue weighted by atomic mass is 35.5. The van der Waals surface area contributed by atoms with Gasteiger partial charge in [0.2, 0.25) is 5.91 Å². The van der Waals surface area contributed by atoms with Crippen LogP contribution in [-0.4, -0.2) is 79.0 Å². The van der Waals surface area contributed by atoms with E-state index >= 15 is 0 Å². The molecule has 3 aliphatic heterocycles. The zero-order valence-electron chi connectivity index (χ0n) is 23.9. The standard InChI is InChI=1S/C31H37ClN6O4/c1-22-34-20-27-28(36-24-5-3-7-26(19-24)42-25-6-2-4-23(32)18-25)8-12-38(30(27)35-22)21-29(39)33-11-15-37-13-9-31(10-14-37)40-16-17-41-31/h2-7,18-20,28,36H,8-17,21H2,1H3,(H,33,39). The number of fused-ring (bicyclic) bond motifs is 1. The van der Waals surface area contributed by atoms with Gasteiger partial charge in [0.15, 0.2) is 5.79 Å². The predicted molar refractivity (Wildman–Crippen MR) is 161 cm³/mol. The molecule has 0 aliphatic carbocycles. The molecular formula is C31H37ClN6O4. The molecule has 6 rings (SSSR count). The molecule has 2 fully saturated rings. The Morgan fingerprint density at radius 1 is 1.10 bits per heavy atom. The number of amides is 1. The number of aromatic nitrogens is 2. The Bertz CT molecular complexity index is 1390. The molecule has 0 saturated carbocycles. The molecular weight excluding hydrogens is 556 g/mol. The van der Waals surface area contributed by atoms with E-state index in [0.717, 1.165) is 56.0 Å². The van der Waals surface area contributed by atoms with Gasteiger partial charge in [0.1, 0.15) is 23.1 Å². The van der Waals surface area contributed by atoms with Crippen molar-refractivity contribution in [3.63, 3.8) is 0 Å². The van der Waals surface area contributed by atoms with Gasteiger partial charge in [0.05, 0.1) is 25.8 Å². The Balaban J connectivity index is 1.04. The van der Waals surface area contributed by atoms with E-state index in [1.54, 1.807) is 6.07 Å². The van der Waals surface area contributed by atoms with E-state index in [1.165, 1.54) is 0 Å². The summed E-state index contributed by atoms with van der Waals surface area (Å²) in [6, 6.07) is 15.2. The van der Waals surface area contributed by atoms with Crippen LogP contribution >= 0.6 is 11.6 Å². The quantitative estimate of drug-likeness (QED) is 0.370. The number of likely N-dealkylation sites (tertiary alicyclic amines) is 1. The number of nitrogens with zero attached hydrogens (tertiary/aromatic N) is 4. The van der Waals surface area contributed by atoms with Crippen molar-refractivity contribution >= 4 is 29.0 Å². The minimum Gasteiger partial charge on any atom is -0.457 e. The van der Waals surface area contributed by atoms with Crippen molar-refractivity contribution in [3.8, 4) is 11.5 Å². The minimum absolute atomic E-state index is 0.00319. The predicted octanol–water partition coefficient (Wildman–Crippen LogP) is 4.55. The normalized spacial score (nSPS) is 19.9. The molecule has 42 heavy (non-hydrogen) atoms. The number of ether oxygens (including phenoxy) is 3. The zero-order chi connectivity index (χ0) is 28.9. The summed E-state index contributed by atoms with van der Waals surface area (Å²) in [5.74, 6) is 2.48. The lowest BCUT2D eigenvalue weighted by atomic mass is 10.00. The number of piperidine rings is 1. The number of benzene rings is 2. The smallest absolute Gasteiger partial charge is 0.239 e. The first-order valence-corrected chi connectivity index (χ1v) is 15.0. The average molecular weight is 593 g/mol. The molecule has 10 nitrogen and oxygen atoms in total. The lowest BCUT2D eigenvalue weighted by Gasteiger charge is -2.37. The maximum Gasteiger partial charge on any atom is 0.239 e. The van der Waals surface area contributed by atoms with Gasteiger partial charge in [-0.1, -0.05) is 23.7 Å². The van der Waals surface area contributed by atoms with Crippen molar-refractivity contribution in [1.82, 2.24) is 20.2 Å². The number of anilines is 2. The van der Waals surface area contributed by atoms with E-state index in [2.05, 4.69) is 25.4 Å². The molecule has 0 bridgehead atoms. The topological polar surface area (TPSA) is 101 Å². The first kappa shape index (κ1) is 28.7. The molecule has 2 aromatic carbocycles. The second-order valence-electron chi connectivity index (χ2n) is 11.0. The Kier molecular flexibility index (Phi) is 8.76. The summed E-state index contributed by atoms with van der Waals surface area (Å²) in [4.78, 5) is 26.6. The van der Waals surface area contributed by atoms with E-state index in [1.807, 2.05) is 55.6 Å². The summed E-state index contributed by atoms with van der Waals surface area (Å²) in [7, 11) is 0. The van der Waals surface area contributed by atoms with Crippen molar-refractivity contribution in [2.75, 3.05) is 62.7 Å². The van der Waals surface area contributed by atoms with Crippen LogP contribution in [0, 0.1) is 6.92 Å². The fourth-order valence-corrected chi connectivity index (χ4v) is 6.00.